The smallest absolute Gasteiger partial charge is 0.315 e. The lowest BCUT2D eigenvalue weighted by Gasteiger charge is -2.15. The maximum absolute atomic E-state index is 12.3. The molecule has 0 bridgehead atoms. The van der Waals surface area contributed by atoms with Crippen LogP contribution < -0.4 is 20.1 Å². The number of furan rings is 1. The molecule has 28 heavy (non-hydrogen) atoms. The lowest BCUT2D eigenvalue weighted by atomic mass is 10.1. The highest BCUT2D eigenvalue weighted by Gasteiger charge is 2.23. The highest BCUT2D eigenvalue weighted by molar-refractivity contribution is 5.84. The molecule has 6 nitrogen and oxygen atoms in total. The van der Waals surface area contributed by atoms with Gasteiger partial charge >= 0.3 is 6.03 Å². The molecule has 1 aliphatic rings. The van der Waals surface area contributed by atoms with Crippen molar-refractivity contribution >= 4 is 17.0 Å². The van der Waals surface area contributed by atoms with E-state index in [0.29, 0.717) is 30.2 Å². The van der Waals surface area contributed by atoms with Crippen molar-refractivity contribution < 1.29 is 18.7 Å². The van der Waals surface area contributed by atoms with Crippen molar-refractivity contribution in [2.45, 2.75) is 32.4 Å². The second kappa shape index (κ2) is 7.84. The Bertz CT molecular complexity index is 957. The largest absolute Gasteiger partial charge is 0.490 e. The summed E-state index contributed by atoms with van der Waals surface area (Å²) in [6, 6.07) is 15.1. The fourth-order valence-electron chi connectivity index (χ4n) is 3.43. The summed E-state index contributed by atoms with van der Waals surface area (Å²) in [5.74, 6) is 2.29. The van der Waals surface area contributed by atoms with Gasteiger partial charge < -0.3 is 24.5 Å². The number of amides is 2. The van der Waals surface area contributed by atoms with Crippen molar-refractivity contribution in [2.24, 2.45) is 0 Å². The van der Waals surface area contributed by atoms with Crippen molar-refractivity contribution in [1.29, 1.82) is 0 Å². The van der Waals surface area contributed by atoms with Gasteiger partial charge in [-0.3, -0.25) is 0 Å². The Morgan fingerprint density at radius 1 is 1.25 bits per heavy atom. The Morgan fingerprint density at radius 3 is 2.93 bits per heavy atom. The fraction of sp³-hybridized carbons (Fsp3) is 0.318. The first-order valence-electron chi connectivity index (χ1n) is 9.58. The number of carbonyl (C=O) groups is 1. The van der Waals surface area contributed by atoms with E-state index in [2.05, 4.69) is 16.7 Å². The summed E-state index contributed by atoms with van der Waals surface area (Å²) in [6.07, 6.45) is 0.758. The first-order valence-corrected chi connectivity index (χ1v) is 9.58. The van der Waals surface area contributed by atoms with E-state index in [1.54, 1.807) is 0 Å². The molecule has 1 aromatic heterocycles. The maximum Gasteiger partial charge on any atom is 0.315 e. The average molecular weight is 380 g/mol. The molecule has 2 N–H and O–H groups in total. The van der Waals surface area contributed by atoms with Crippen LogP contribution in [-0.4, -0.2) is 25.3 Å². The van der Waals surface area contributed by atoms with E-state index in [9.17, 15) is 4.79 Å². The van der Waals surface area contributed by atoms with Gasteiger partial charge in [0, 0.05) is 11.8 Å². The summed E-state index contributed by atoms with van der Waals surface area (Å²) in [4.78, 5) is 12.3. The first-order chi connectivity index (χ1) is 13.6. The number of rotatable bonds is 6. The van der Waals surface area contributed by atoms with Crippen LogP contribution in [0.3, 0.4) is 0 Å². The van der Waals surface area contributed by atoms with E-state index in [1.807, 2.05) is 56.3 Å². The van der Waals surface area contributed by atoms with Gasteiger partial charge in [0.25, 0.3) is 0 Å². The molecule has 4 rings (SSSR count). The zero-order valence-electron chi connectivity index (χ0n) is 16.0. The molecule has 0 spiro atoms. The van der Waals surface area contributed by atoms with Crippen LogP contribution in [0.15, 0.2) is 52.9 Å². The molecule has 3 aromatic rings. The van der Waals surface area contributed by atoms with E-state index in [1.165, 1.54) is 5.56 Å². The quantitative estimate of drug-likeness (QED) is 0.672. The number of benzene rings is 2. The van der Waals surface area contributed by atoms with Crippen LogP contribution in [0.4, 0.5) is 4.79 Å². The van der Waals surface area contributed by atoms with Crippen molar-refractivity contribution in [2.75, 3.05) is 13.2 Å². The van der Waals surface area contributed by atoms with Crippen molar-refractivity contribution in [3.05, 3.63) is 59.9 Å². The Kier molecular flexibility index (Phi) is 5.10. The van der Waals surface area contributed by atoms with Crippen LogP contribution in [0.25, 0.3) is 11.0 Å². The van der Waals surface area contributed by atoms with Crippen LogP contribution in [0, 0.1) is 0 Å². The number of hydrogen-bond donors (Lipinski definition) is 2. The third kappa shape index (κ3) is 3.76. The molecule has 1 aliphatic heterocycles. The van der Waals surface area contributed by atoms with E-state index < -0.39 is 0 Å². The second-order valence-electron chi connectivity index (χ2n) is 6.88. The summed E-state index contributed by atoms with van der Waals surface area (Å²) in [5, 5.41) is 6.75. The van der Waals surface area contributed by atoms with E-state index in [0.717, 1.165) is 17.6 Å². The normalized spacial score (nSPS) is 16.3. The van der Waals surface area contributed by atoms with Crippen LogP contribution in [0.2, 0.25) is 0 Å². The molecular formula is C22H24N2O4. The predicted octanol–water partition coefficient (Wildman–Crippen LogP) is 4.20. The predicted molar refractivity (Wildman–Crippen MR) is 107 cm³/mol. The Morgan fingerprint density at radius 2 is 2.11 bits per heavy atom. The van der Waals surface area contributed by atoms with Gasteiger partial charge in [0.1, 0.15) is 17.6 Å². The Hall–Kier alpha value is -3.15. The van der Waals surface area contributed by atoms with E-state index >= 15 is 0 Å². The van der Waals surface area contributed by atoms with Gasteiger partial charge in [-0.15, -0.1) is 0 Å². The molecule has 0 aliphatic carbocycles. The summed E-state index contributed by atoms with van der Waals surface area (Å²) < 4.78 is 17.4. The zero-order chi connectivity index (χ0) is 19.5. The molecule has 0 fully saturated rings. The fourth-order valence-corrected chi connectivity index (χ4v) is 3.43. The lowest BCUT2D eigenvalue weighted by Crippen LogP contribution is -2.41. The molecular weight excluding hydrogens is 356 g/mol. The first kappa shape index (κ1) is 18.2. The summed E-state index contributed by atoms with van der Waals surface area (Å²) in [6.45, 7) is 4.84. The minimum Gasteiger partial charge on any atom is -0.490 e. The highest BCUT2D eigenvalue weighted by atomic mass is 16.5. The number of carbonyl (C=O) groups excluding carboxylic acids is 1. The second-order valence-corrected chi connectivity index (χ2v) is 6.88. The Labute approximate surface area is 163 Å². The van der Waals surface area contributed by atoms with Crippen LogP contribution in [0.5, 0.6) is 11.5 Å². The zero-order valence-corrected chi connectivity index (χ0v) is 16.0. The van der Waals surface area contributed by atoms with Crippen LogP contribution in [0.1, 0.15) is 31.2 Å². The van der Waals surface area contributed by atoms with Crippen molar-refractivity contribution in [3.8, 4) is 11.5 Å². The molecule has 0 saturated carbocycles. The third-order valence-corrected chi connectivity index (χ3v) is 4.81. The summed E-state index contributed by atoms with van der Waals surface area (Å²) in [7, 11) is 0. The van der Waals surface area contributed by atoms with Gasteiger partial charge in [0.2, 0.25) is 0 Å². The number of fused-ring (bicyclic) bond motifs is 2. The molecule has 2 amide bonds. The van der Waals surface area contributed by atoms with Gasteiger partial charge in [-0.1, -0.05) is 30.3 Å². The van der Waals surface area contributed by atoms with Gasteiger partial charge in [-0.2, -0.15) is 0 Å². The molecule has 2 atom stereocenters. The number of para-hydroxylation sites is 2. The maximum atomic E-state index is 12.3. The average Bonchev–Trinajstić information content (AvgIpc) is 3.31. The third-order valence-electron chi connectivity index (χ3n) is 4.81. The number of nitrogens with one attached hydrogen (secondary N) is 2. The van der Waals surface area contributed by atoms with E-state index in [4.69, 9.17) is 13.9 Å². The van der Waals surface area contributed by atoms with Crippen LogP contribution >= 0.6 is 0 Å². The summed E-state index contributed by atoms with van der Waals surface area (Å²) >= 11 is 0. The molecule has 6 heteroatoms. The number of ether oxygens (including phenoxy) is 2. The van der Waals surface area contributed by atoms with Crippen LogP contribution in [-0.2, 0) is 6.42 Å². The minimum absolute atomic E-state index is 0.0431. The topological polar surface area (TPSA) is 72.7 Å². The lowest BCUT2D eigenvalue weighted by molar-refractivity contribution is 0.211. The number of urea groups is 1. The van der Waals surface area contributed by atoms with E-state index in [-0.39, 0.29) is 18.2 Å². The number of hydrogen-bond acceptors (Lipinski definition) is 4. The van der Waals surface area contributed by atoms with Gasteiger partial charge in [0.05, 0.1) is 19.2 Å². The van der Waals surface area contributed by atoms with Crippen molar-refractivity contribution in [1.82, 2.24) is 10.6 Å². The molecule has 2 aromatic carbocycles. The van der Waals surface area contributed by atoms with Gasteiger partial charge in [-0.25, -0.2) is 4.79 Å². The molecule has 2 heterocycles. The molecule has 0 radical (unpaired) electrons. The SMILES string of the molecule is CCOc1cccc2cc(C(C)NC(=O)NCC3Cc4ccccc4O3)oc12. The standard InChI is InChI=1S/C22H24N2O4/c1-3-26-19-10-6-8-16-12-20(28-21(16)19)14(2)24-22(25)23-13-17-11-15-7-4-5-9-18(15)27-17/h4-10,12,14,17H,3,11,13H2,1-2H3,(H2,23,24,25). The highest BCUT2D eigenvalue weighted by Crippen LogP contribution is 2.31. The Balaban J connectivity index is 1.33. The summed E-state index contributed by atoms with van der Waals surface area (Å²) in [5.41, 5.74) is 1.88. The van der Waals surface area contributed by atoms with Gasteiger partial charge in [0.15, 0.2) is 11.3 Å². The molecule has 2 unspecified atom stereocenters. The molecule has 146 valence electrons. The van der Waals surface area contributed by atoms with Crippen molar-refractivity contribution in [3.63, 3.8) is 0 Å². The van der Waals surface area contributed by atoms with Gasteiger partial charge in [-0.05, 0) is 37.6 Å². The minimum atomic E-state index is -0.274. The molecule has 0 saturated heterocycles. The monoisotopic (exact) mass is 380 g/mol.